The predicted octanol–water partition coefficient (Wildman–Crippen LogP) is 6.52. The fraction of sp³-hybridized carbons (Fsp3) is 0.276. The van der Waals surface area contributed by atoms with Crippen LogP contribution in [0, 0.1) is 6.92 Å². The van der Waals surface area contributed by atoms with Gasteiger partial charge in [0.15, 0.2) is 11.5 Å². The van der Waals surface area contributed by atoms with Gasteiger partial charge in [-0.1, -0.05) is 36.4 Å². The number of unbranched alkanes of at least 4 members (excludes halogenated alkanes) is 1. The number of benzene rings is 3. The van der Waals surface area contributed by atoms with E-state index in [0.29, 0.717) is 13.2 Å². The number of allylic oxidation sites excluding steroid dienone is 1. The van der Waals surface area contributed by atoms with E-state index in [1.54, 1.807) is 7.11 Å². The summed E-state index contributed by atoms with van der Waals surface area (Å²) in [6, 6.07) is 22.4. The summed E-state index contributed by atoms with van der Waals surface area (Å²) in [6.07, 6.45) is 4.58. The van der Waals surface area contributed by atoms with E-state index in [-0.39, 0.29) is 0 Å². The first-order chi connectivity index (χ1) is 16.7. The summed E-state index contributed by atoms with van der Waals surface area (Å²) in [6.45, 7) is 7.77. The van der Waals surface area contributed by atoms with Crippen molar-refractivity contribution in [2.24, 2.45) is 0 Å². The minimum atomic E-state index is 0.433. The summed E-state index contributed by atoms with van der Waals surface area (Å²) in [7, 11) is 1.67. The summed E-state index contributed by atoms with van der Waals surface area (Å²) >= 11 is 0. The molecule has 0 atom stereocenters. The number of fused-ring (bicyclic) bond motifs is 1. The summed E-state index contributed by atoms with van der Waals surface area (Å²) in [5.41, 5.74) is 4.46. The molecule has 0 aliphatic rings. The van der Waals surface area contributed by atoms with E-state index in [1.165, 1.54) is 5.56 Å². The van der Waals surface area contributed by atoms with Crippen molar-refractivity contribution in [2.75, 3.05) is 13.7 Å². The fourth-order valence-electron chi connectivity index (χ4n) is 4.02. The van der Waals surface area contributed by atoms with Gasteiger partial charge >= 0.3 is 0 Å². The van der Waals surface area contributed by atoms with Crippen molar-refractivity contribution in [1.29, 1.82) is 0 Å². The molecule has 0 N–H and O–H groups in total. The Balaban J connectivity index is 1.36. The molecule has 176 valence electrons. The summed E-state index contributed by atoms with van der Waals surface area (Å²) in [5, 5.41) is 0. The van der Waals surface area contributed by atoms with E-state index < -0.39 is 0 Å². The third kappa shape index (κ3) is 5.79. The van der Waals surface area contributed by atoms with Gasteiger partial charge < -0.3 is 18.8 Å². The van der Waals surface area contributed by atoms with E-state index in [2.05, 4.69) is 42.3 Å². The molecule has 4 rings (SSSR count). The quantitative estimate of drug-likeness (QED) is 0.180. The molecule has 3 aromatic carbocycles. The van der Waals surface area contributed by atoms with Crippen LogP contribution in [0.25, 0.3) is 11.0 Å². The summed E-state index contributed by atoms with van der Waals surface area (Å²) in [4.78, 5) is 4.83. The molecule has 0 amide bonds. The molecule has 1 aromatic heterocycles. The van der Waals surface area contributed by atoms with Crippen LogP contribution >= 0.6 is 0 Å². The monoisotopic (exact) mass is 456 g/mol. The molecule has 5 nitrogen and oxygen atoms in total. The number of hydrogen-bond acceptors (Lipinski definition) is 4. The second-order valence-electron chi connectivity index (χ2n) is 8.31. The Kier molecular flexibility index (Phi) is 7.87. The smallest absolute Gasteiger partial charge is 0.161 e. The Bertz CT molecular complexity index is 1250. The van der Waals surface area contributed by atoms with Crippen molar-refractivity contribution in [1.82, 2.24) is 9.55 Å². The SMILES string of the molecule is C=CCc1ccc(OCCCCn2c(COc3cccc(C)c3)nc3ccccc32)c(OC)c1. The maximum absolute atomic E-state index is 6.05. The highest BCUT2D eigenvalue weighted by Gasteiger charge is 2.11. The highest BCUT2D eigenvalue weighted by molar-refractivity contribution is 5.75. The van der Waals surface area contributed by atoms with Crippen LogP contribution < -0.4 is 14.2 Å². The van der Waals surface area contributed by atoms with Crippen LogP contribution in [0.1, 0.15) is 29.8 Å². The first-order valence-corrected chi connectivity index (χ1v) is 11.7. The van der Waals surface area contributed by atoms with Gasteiger partial charge in [-0.05, 0) is 73.7 Å². The van der Waals surface area contributed by atoms with Gasteiger partial charge in [0, 0.05) is 6.54 Å². The minimum Gasteiger partial charge on any atom is -0.493 e. The molecule has 34 heavy (non-hydrogen) atoms. The van der Waals surface area contributed by atoms with E-state index in [4.69, 9.17) is 19.2 Å². The van der Waals surface area contributed by atoms with Gasteiger partial charge in [-0.25, -0.2) is 4.98 Å². The summed E-state index contributed by atoms with van der Waals surface area (Å²) in [5.74, 6) is 3.33. The number of aromatic nitrogens is 2. The molecule has 4 aromatic rings. The summed E-state index contributed by atoms with van der Waals surface area (Å²) < 4.78 is 19.8. The maximum atomic E-state index is 6.05. The van der Waals surface area contributed by atoms with Gasteiger partial charge in [-0.15, -0.1) is 6.58 Å². The Morgan fingerprint density at radius 1 is 0.941 bits per heavy atom. The zero-order valence-electron chi connectivity index (χ0n) is 20.0. The Labute approximate surface area is 201 Å². The van der Waals surface area contributed by atoms with E-state index in [1.807, 2.05) is 48.5 Å². The number of rotatable bonds is 12. The normalized spacial score (nSPS) is 10.9. The molecule has 0 saturated carbocycles. The topological polar surface area (TPSA) is 45.5 Å². The van der Waals surface area contributed by atoms with Gasteiger partial charge in [0.25, 0.3) is 0 Å². The molecule has 0 radical (unpaired) electrons. The van der Waals surface area contributed by atoms with Crippen molar-refractivity contribution in [3.8, 4) is 17.2 Å². The van der Waals surface area contributed by atoms with Crippen molar-refractivity contribution < 1.29 is 14.2 Å². The van der Waals surface area contributed by atoms with Crippen LogP contribution in [0.15, 0.2) is 79.4 Å². The van der Waals surface area contributed by atoms with Crippen LogP contribution in [0.2, 0.25) is 0 Å². The van der Waals surface area contributed by atoms with Crippen LogP contribution in [0.4, 0.5) is 0 Å². The second-order valence-corrected chi connectivity index (χ2v) is 8.31. The van der Waals surface area contributed by atoms with Crippen molar-refractivity contribution in [2.45, 2.75) is 39.3 Å². The fourth-order valence-corrected chi connectivity index (χ4v) is 4.02. The third-order valence-corrected chi connectivity index (χ3v) is 5.73. The Morgan fingerprint density at radius 2 is 1.82 bits per heavy atom. The van der Waals surface area contributed by atoms with Gasteiger partial charge in [0.05, 0.1) is 24.8 Å². The number of nitrogens with zero attached hydrogens (tertiary/aromatic N) is 2. The first kappa shape index (κ1) is 23.4. The Hall–Kier alpha value is -3.73. The molecule has 0 aliphatic carbocycles. The maximum Gasteiger partial charge on any atom is 0.161 e. The zero-order chi connectivity index (χ0) is 23.8. The lowest BCUT2D eigenvalue weighted by Gasteiger charge is -2.13. The lowest BCUT2D eigenvalue weighted by Crippen LogP contribution is -2.09. The number of aryl methyl sites for hydroxylation is 2. The van der Waals surface area contributed by atoms with Crippen molar-refractivity contribution in [3.05, 3.63) is 96.3 Å². The van der Waals surface area contributed by atoms with E-state index in [0.717, 1.165) is 65.5 Å². The average molecular weight is 457 g/mol. The molecule has 0 fully saturated rings. The largest absolute Gasteiger partial charge is 0.493 e. The highest BCUT2D eigenvalue weighted by atomic mass is 16.5. The number of methoxy groups -OCH3 is 1. The second kappa shape index (κ2) is 11.4. The van der Waals surface area contributed by atoms with E-state index >= 15 is 0 Å². The number of imidazole rings is 1. The third-order valence-electron chi connectivity index (χ3n) is 5.73. The number of hydrogen-bond donors (Lipinski definition) is 0. The molecule has 5 heteroatoms. The number of ether oxygens (including phenoxy) is 3. The standard InChI is InChI=1S/C29H32N2O3/c1-4-10-23-15-16-27(28(20-23)32-3)33-18-8-7-17-31-26-14-6-5-13-25(26)30-29(31)21-34-24-12-9-11-22(2)19-24/h4-6,9,11-16,19-20H,1,7-8,10,17-18,21H2,2-3H3. The zero-order valence-corrected chi connectivity index (χ0v) is 20.0. The molecule has 0 aliphatic heterocycles. The van der Waals surface area contributed by atoms with Gasteiger partial charge in [0.2, 0.25) is 0 Å². The lowest BCUT2D eigenvalue weighted by atomic mass is 10.1. The van der Waals surface area contributed by atoms with Crippen LogP contribution in [-0.4, -0.2) is 23.3 Å². The van der Waals surface area contributed by atoms with Gasteiger partial charge in [0.1, 0.15) is 18.2 Å². The van der Waals surface area contributed by atoms with Crippen LogP contribution in [0.5, 0.6) is 17.2 Å². The molecule has 0 bridgehead atoms. The molecule has 1 heterocycles. The Morgan fingerprint density at radius 3 is 2.65 bits per heavy atom. The van der Waals surface area contributed by atoms with Gasteiger partial charge in [-0.2, -0.15) is 0 Å². The number of para-hydroxylation sites is 2. The molecular formula is C29H32N2O3. The van der Waals surface area contributed by atoms with E-state index in [9.17, 15) is 0 Å². The average Bonchev–Trinajstić information content (AvgIpc) is 3.21. The van der Waals surface area contributed by atoms with Crippen molar-refractivity contribution in [3.63, 3.8) is 0 Å². The van der Waals surface area contributed by atoms with Crippen LogP contribution in [0.3, 0.4) is 0 Å². The first-order valence-electron chi connectivity index (χ1n) is 11.7. The lowest BCUT2D eigenvalue weighted by molar-refractivity contribution is 0.278. The van der Waals surface area contributed by atoms with Crippen LogP contribution in [-0.2, 0) is 19.6 Å². The molecule has 0 spiro atoms. The minimum absolute atomic E-state index is 0.433. The van der Waals surface area contributed by atoms with Crippen molar-refractivity contribution >= 4 is 11.0 Å². The predicted molar refractivity (Wildman–Crippen MR) is 137 cm³/mol. The molecular weight excluding hydrogens is 424 g/mol. The highest BCUT2D eigenvalue weighted by Crippen LogP contribution is 2.28. The van der Waals surface area contributed by atoms with Gasteiger partial charge in [-0.3, -0.25) is 0 Å². The molecule has 0 unspecified atom stereocenters. The molecule has 0 saturated heterocycles.